The third kappa shape index (κ3) is 4.31. The van der Waals surface area contributed by atoms with Crippen molar-refractivity contribution in [2.45, 2.75) is 33.4 Å². The van der Waals surface area contributed by atoms with Gasteiger partial charge in [0.25, 0.3) is 0 Å². The highest BCUT2D eigenvalue weighted by Crippen LogP contribution is 2.17. The third-order valence-corrected chi connectivity index (χ3v) is 4.98. The fraction of sp³-hybridized carbons (Fsp3) is 0.381. The van der Waals surface area contributed by atoms with Crippen molar-refractivity contribution in [2.75, 3.05) is 19.8 Å². The molecular weight excluding hydrogens is 358 g/mol. The van der Waals surface area contributed by atoms with Crippen molar-refractivity contribution in [3.63, 3.8) is 0 Å². The second-order valence-corrected chi connectivity index (χ2v) is 7.02. The van der Waals surface area contributed by atoms with Gasteiger partial charge in [-0.05, 0) is 32.4 Å². The minimum Gasteiger partial charge on any atom is -0.480 e. The topological polar surface area (TPSA) is 84.7 Å². The Morgan fingerprint density at radius 3 is 2.64 bits per heavy atom. The summed E-state index contributed by atoms with van der Waals surface area (Å²) in [6.45, 7) is 7.20. The Hall–Kier alpha value is -2.93. The van der Waals surface area contributed by atoms with Crippen LogP contribution in [0.5, 0.6) is 0 Å². The van der Waals surface area contributed by atoms with Crippen LogP contribution in [-0.2, 0) is 20.9 Å². The molecule has 2 aromatic rings. The number of aromatic nitrogens is 2. The number of aliphatic carboxylic acids is 1. The second-order valence-electron chi connectivity index (χ2n) is 7.02. The van der Waals surface area contributed by atoms with Crippen molar-refractivity contribution < 1.29 is 19.4 Å². The number of carbonyl (C=O) groups is 2. The Kier molecular flexibility index (Phi) is 5.94. The van der Waals surface area contributed by atoms with Crippen LogP contribution in [-0.4, -0.2) is 57.5 Å². The zero-order chi connectivity index (χ0) is 20.3. The fourth-order valence-corrected chi connectivity index (χ4v) is 3.29. The van der Waals surface area contributed by atoms with Gasteiger partial charge in [-0.2, -0.15) is 5.10 Å². The highest BCUT2D eigenvalue weighted by Gasteiger charge is 2.31. The second kappa shape index (κ2) is 8.39. The van der Waals surface area contributed by atoms with Crippen LogP contribution in [0.25, 0.3) is 6.08 Å². The number of carbonyl (C=O) groups excluding carboxylic acids is 1. The molecule has 7 heteroatoms. The summed E-state index contributed by atoms with van der Waals surface area (Å²) in [7, 11) is 0. The molecule has 1 N–H and O–H groups in total. The molecule has 0 bridgehead atoms. The number of ether oxygens (including phenoxy) is 1. The van der Waals surface area contributed by atoms with E-state index in [-0.39, 0.29) is 19.1 Å². The Balaban J connectivity index is 1.76. The molecule has 1 aliphatic heterocycles. The van der Waals surface area contributed by atoms with Gasteiger partial charge < -0.3 is 14.7 Å². The lowest BCUT2D eigenvalue weighted by atomic mass is 10.1. The Labute approximate surface area is 164 Å². The van der Waals surface area contributed by atoms with Gasteiger partial charge >= 0.3 is 5.97 Å². The lowest BCUT2D eigenvalue weighted by Crippen LogP contribution is -2.52. The van der Waals surface area contributed by atoms with Crippen LogP contribution >= 0.6 is 0 Å². The molecular formula is C21H25N3O4. The molecule has 148 valence electrons. The molecule has 28 heavy (non-hydrogen) atoms. The molecule has 0 aliphatic carbocycles. The number of carboxylic acids is 1. The zero-order valence-electron chi connectivity index (χ0n) is 16.4. The molecule has 1 atom stereocenters. The maximum atomic E-state index is 12.5. The highest BCUT2D eigenvalue weighted by atomic mass is 16.5. The van der Waals surface area contributed by atoms with E-state index in [4.69, 9.17) is 4.74 Å². The minimum absolute atomic E-state index is 0.0153. The lowest BCUT2D eigenvalue weighted by molar-refractivity contribution is -0.156. The van der Waals surface area contributed by atoms with E-state index < -0.39 is 12.0 Å². The molecule has 0 saturated carbocycles. The van der Waals surface area contributed by atoms with Crippen molar-refractivity contribution in [1.29, 1.82) is 0 Å². The maximum absolute atomic E-state index is 12.5. The lowest BCUT2D eigenvalue weighted by Gasteiger charge is -2.31. The largest absolute Gasteiger partial charge is 0.480 e. The van der Waals surface area contributed by atoms with Gasteiger partial charge in [0.05, 0.1) is 25.5 Å². The zero-order valence-corrected chi connectivity index (χ0v) is 16.4. The Bertz CT molecular complexity index is 899. The van der Waals surface area contributed by atoms with Gasteiger partial charge in [-0.1, -0.05) is 29.8 Å². The third-order valence-electron chi connectivity index (χ3n) is 4.98. The first-order valence-corrected chi connectivity index (χ1v) is 9.25. The van der Waals surface area contributed by atoms with Crippen LogP contribution in [0.4, 0.5) is 0 Å². The molecule has 2 heterocycles. The van der Waals surface area contributed by atoms with Gasteiger partial charge in [0, 0.05) is 23.9 Å². The van der Waals surface area contributed by atoms with Gasteiger partial charge in [0.15, 0.2) is 6.04 Å². The Morgan fingerprint density at radius 2 is 1.96 bits per heavy atom. The summed E-state index contributed by atoms with van der Waals surface area (Å²) in [5, 5.41) is 13.9. The summed E-state index contributed by atoms with van der Waals surface area (Å²) in [6, 6.07) is 7.35. The summed E-state index contributed by atoms with van der Waals surface area (Å²) in [5.74, 6) is -1.39. The maximum Gasteiger partial charge on any atom is 0.328 e. The van der Waals surface area contributed by atoms with Crippen molar-refractivity contribution in [2.24, 2.45) is 0 Å². The fourth-order valence-electron chi connectivity index (χ4n) is 3.29. The van der Waals surface area contributed by atoms with Crippen LogP contribution in [0.3, 0.4) is 0 Å². The quantitative estimate of drug-likeness (QED) is 0.800. The number of hydrogen-bond donors (Lipinski definition) is 1. The van der Waals surface area contributed by atoms with Crippen LogP contribution < -0.4 is 0 Å². The average molecular weight is 383 g/mol. The van der Waals surface area contributed by atoms with Gasteiger partial charge in [0.2, 0.25) is 5.91 Å². The normalized spacial score (nSPS) is 17.2. The van der Waals surface area contributed by atoms with E-state index in [1.165, 1.54) is 16.5 Å². The Morgan fingerprint density at radius 1 is 1.25 bits per heavy atom. The van der Waals surface area contributed by atoms with Gasteiger partial charge in [-0.25, -0.2) is 4.79 Å². The molecule has 7 nitrogen and oxygen atoms in total. The summed E-state index contributed by atoms with van der Waals surface area (Å²) in [6.07, 6.45) is 3.15. The van der Waals surface area contributed by atoms with E-state index >= 15 is 0 Å². The van der Waals surface area contributed by atoms with Crippen molar-refractivity contribution >= 4 is 18.0 Å². The molecule has 1 fully saturated rings. The number of nitrogens with zero attached hydrogens (tertiary/aromatic N) is 3. The van der Waals surface area contributed by atoms with Crippen LogP contribution in [0, 0.1) is 20.8 Å². The minimum atomic E-state index is -1.06. The number of carboxylic acid groups (broad SMARTS) is 1. The molecule has 1 saturated heterocycles. The molecule has 1 amide bonds. The van der Waals surface area contributed by atoms with E-state index in [0.717, 1.165) is 22.5 Å². The highest BCUT2D eigenvalue weighted by molar-refractivity contribution is 5.94. The number of benzene rings is 1. The predicted octanol–water partition coefficient (Wildman–Crippen LogP) is 2.18. The molecule has 1 aromatic heterocycles. The number of rotatable bonds is 5. The number of aryl methyl sites for hydroxylation is 2. The van der Waals surface area contributed by atoms with Gasteiger partial charge in [-0.3, -0.25) is 9.48 Å². The van der Waals surface area contributed by atoms with E-state index in [1.807, 2.05) is 18.5 Å². The van der Waals surface area contributed by atoms with E-state index in [2.05, 4.69) is 36.3 Å². The van der Waals surface area contributed by atoms with Gasteiger partial charge in [0.1, 0.15) is 0 Å². The molecule has 1 unspecified atom stereocenters. The van der Waals surface area contributed by atoms with Crippen molar-refractivity contribution in [3.05, 3.63) is 58.4 Å². The molecule has 1 aromatic carbocycles. The van der Waals surface area contributed by atoms with Crippen LogP contribution in [0.15, 0.2) is 30.3 Å². The standard InChI is InChI=1S/C21H25N3O4/c1-14-4-6-17(7-5-14)12-24-16(3)18(15(2)22-24)8-9-20(25)23-10-11-28-13-19(23)21(26)27/h4-9,19H,10-13H2,1-3H3,(H,26,27). The van der Waals surface area contributed by atoms with Crippen LogP contribution in [0.1, 0.15) is 28.1 Å². The number of amides is 1. The van der Waals surface area contributed by atoms with Gasteiger partial charge in [-0.15, -0.1) is 0 Å². The molecule has 0 spiro atoms. The monoisotopic (exact) mass is 383 g/mol. The van der Waals surface area contributed by atoms with E-state index in [1.54, 1.807) is 6.08 Å². The first kappa shape index (κ1) is 19.8. The average Bonchev–Trinajstić information content (AvgIpc) is 2.94. The molecule has 1 aliphatic rings. The smallest absolute Gasteiger partial charge is 0.328 e. The van der Waals surface area contributed by atoms with E-state index in [9.17, 15) is 14.7 Å². The number of hydrogen-bond acceptors (Lipinski definition) is 4. The predicted molar refractivity (Wildman–Crippen MR) is 105 cm³/mol. The van der Waals surface area contributed by atoms with Crippen LogP contribution in [0.2, 0.25) is 0 Å². The number of morpholine rings is 1. The first-order chi connectivity index (χ1) is 13.4. The first-order valence-electron chi connectivity index (χ1n) is 9.25. The summed E-state index contributed by atoms with van der Waals surface area (Å²) >= 11 is 0. The van der Waals surface area contributed by atoms with Crippen molar-refractivity contribution in [1.82, 2.24) is 14.7 Å². The summed E-state index contributed by atoms with van der Waals surface area (Å²) in [4.78, 5) is 25.2. The summed E-state index contributed by atoms with van der Waals surface area (Å²) < 4.78 is 7.10. The SMILES string of the molecule is Cc1ccc(Cn2nc(C)c(C=CC(=O)N3CCOCC3C(=O)O)c2C)cc1. The van der Waals surface area contributed by atoms with E-state index in [0.29, 0.717) is 13.2 Å². The molecule has 0 radical (unpaired) electrons. The molecule has 3 rings (SSSR count). The van der Waals surface area contributed by atoms with Crippen molar-refractivity contribution in [3.8, 4) is 0 Å². The summed E-state index contributed by atoms with van der Waals surface area (Å²) in [5.41, 5.74) is 5.02.